The van der Waals surface area contributed by atoms with E-state index in [1.807, 2.05) is 0 Å². The summed E-state index contributed by atoms with van der Waals surface area (Å²) in [6.45, 7) is 10.8. The normalized spacial score (nSPS) is 42.0. The van der Waals surface area contributed by atoms with Gasteiger partial charge in [0.15, 0.2) is 0 Å². The van der Waals surface area contributed by atoms with Crippen LogP contribution in [-0.4, -0.2) is 34.2 Å². The van der Waals surface area contributed by atoms with Gasteiger partial charge in [0, 0.05) is 17.9 Å². The molecule has 1 N–H and O–H groups in total. The molecule has 4 heteroatoms. The Morgan fingerprint density at radius 2 is 2.00 bits per heavy atom. The van der Waals surface area contributed by atoms with Gasteiger partial charge in [-0.05, 0) is 26.7 Å². The Balaban J connectivity index is 3.24. The lowest BCUT2D eigenvalue weighted by Crippen LogP contribution is -2.66. The summed E-state index contributed by atoms with van der Waals surface area (Å²) in [7, 11) is 1.73. The molecule has 3 atom stereocenters. The van der Waals surface area contributed by atoms with Crippen molar-refractivity contribution in [1.29, 1.82) is 0 Å². The molecule has 0 aromatic heterocycles. The number of hydrogen-bond acceptors (Lipinski definition) is 4. The predicted molar refractivity (Wildman–Crippen MR) is 69.2 cm³/mol. The Kier molecular flexibility index (Phi) is 4.20. The van der Waals surface area contributed by atoms with E-state index in [0.29, 0.717) is 0 Å². The van der Waals surface area contributed by atoms with Crippen molar-refractivity contribution in [1.82, 2.24) is 5.06 Å². The van der Waals surface area contributed by atoms with Crippen LogP contribution >= 0.6 is 0 Å². The Bertz CT molecular complexity index is 306. The van der Waals surface area contributed by atoms with Gasteiger partial charge in [-0.25, -0.2) is 0 Å². The Hall–Kier alpha value is -0.610. The van der Waals surface area contributed by atoms with Crippen LogP contribution in [-0.2, 0) is 4.84 Å². The fourth-order valence-electron chi connectivity index (χ4n) is 3.04. The van der Waals surface area contributed by atoms with Crippen molar-refractivity contribution >= 4 is 5.71 Å². The van der Waals surface area contributed by atoms with Gasteiger partial charge in [0.25, 0.3) is 0 Å². The van der Waals surface area contributed by atoms with Gasteiger partial charge in [0.05, 0.1) is 18.4 Å². The second-order valence-corrected chi connectivity index (χ2v) is 5.53. The van der Waals surface area contributed by atoms with Crippen LogP contribution in [0, 0.1) is 5.92 Å². The Labute approximate surface area is 105 Å². The number of hydroxylamine groups is 2. The van der Waals surface area contributed by atoms with Crippen LogP contribution in [0.4, 0.5) is 0 Å². The molecule has 0 bridgehead atoms. The van der Waals surface area contributed by atoms with Crippen LogP contribution < -0.4 is 0 Å². The molecule has 1 fully saturated rings. The molecular formula is C13H26N2O2. The molecule has 0 aromatic carbocycles. The van der Waals surface area contributed by atoms with Gasteiger partial charge in [-0.1, -0.05) is 25.9 Å². The predicted octanol–water partition coefficient (Wildman–Crippen LogP) is 3.06. The van der Waals surface area contributed by atoms with Crippen LogP contribution in [0.1, 0.15) is 53.9 Å². The zero-order chi connectivity index (χ0) is 13.3. The number of nitrogens with zero attached hydrogens (tertiary/aromatic N) is 2. The summed E-state index contributed by atoms with van der Waals surface area (Å²) < 4.78 is 0. The van der Waals surface area contributed by atoms with Gasteiger partial charge in [-0.3, -0.25) is 0 Å². The molecule has 1 heterocycles. The average molecular weight is 242 g/mol. The molecule has 0 aliphatic carbocycles. The summed E-state index contributed by atoms with van der Waals surface area (Å²) in [4.78, 5) is 5.66. The molecule has 0 aromatic rings. The molecule has 1 aliphatic rings. The van der Waals surface area contributed by atoms with Crippen molar-refractivity contribution in [3.05, 3.63) is 0 Å². The maximum absolute atomic E-state index is 9.20. The average Bonchev–Trinajstić information content (AvgIpc) is 2.34. The third-order valence-electron chi connectivity index (χ3n) is 4.74. The molecule has 1 rings (SSSR count). The second-order valence-electron chi connectivity index (χ2n) is 5.53. The standard InChI is InChI=1S/C13H26N2O2/c1-7-12(4)9-11(14-16)10(3)13(5,8-2)15(12)17-6/h10,16H,7-9H2,1-6H3/b14-11-. The van der Waals surface area contributed by atoms with Crippen molar-refractivity contribution in [2.75, 3.05) is 7.11 Å². The van der Waals surface area contributed by atoms with E-state index in [0.717, 1.165) is 25.0 Å². The van der Waals surface area contributed by atoms with Crippen LogP contribution in [0.25, 0.3) is 0 Å². The summed E-state index contributed by atoms with van der Waals surface area (Å²) in [5, 5.41) is 14.8. The third kappa shape index (κ3) is 2.08. The van der Waals surface area contributed by atoms with Crippen molar-refractivity contribution in [3.63, 3.8) is 0 Å². The zero-order valence-corrected chi connectivity index (χ0v) is 11.9. The van der Waals surface area contributed by atoms with Crippen molar-refractivity contribution < 1.29 is 10.0 Å². The molecule has 0 amide bonds. The number of oxime groups is 1. The highest BCUT2D eigenvalue weighted by atomic mass is 16.7. The van der Waals surface area contributed by atoms with Crippen LogP contribution in [0.15, 0.2) is 5.16 Å². The summed E-state index contributed by atoms with van der Waals surface area (Å²) >= 11 is 0. The number of rotatable bonds is 3. The van der Waals surface area contributed by atoms with Gasteiger partial charge < -0.3 is 10.0 Å². The molecule has 3 unspecified atom stereocenters. The summed E-state index contributed by atoms with van der Waals surface area (Å²) in [5.41, 5.74) is 0.652. The van der Waals surface area contributed by atoms with Gasteiger partial charge in [-0.15, -0.1) is 0 Å². The first-order valence-electron chi connectivity index (χ1n) is 6.44. The Morgan fingerprint density at radius 1 is 1.41 bits per heavy atom. The largest absolute Gasteiger partial charge is 0.411 e. The zero-order valence-electron chi connectivity index (χ0n) is 11.9. The second kappa shape index (κ2) is 4.94. The van der Waals surface area contributed by atoms with Crippen LogP contribution in [0.5, 0.6) is 0 Å². The topological polar surface area (TPSA) is 45.1 Å². The van der Waals surface area contributed by atoms with Crippen molar-refractivity contribution in [3.8, 4) is 0 Å². The minimum atomic E-state index is -0.126. The third-order valence-corrected chi connectivity index (χ3v) is 4.74. The minimum absolute atomic E-state index is 0.104. The molecule has 17 heavy (non-hydrogen) atoms. The van der Waals surface area contributed by atoms with E-state index in [9.17, 15) is 5.21 Å². The fraction of sp³-hybridized carbons (Fsp3) is 0.923. The molecule has 4 nitrogen and oxygen atoms in total. The van der Waals surface area contributed by atoms with Crippen LogP contribution in [0.2, 0.25) is 0 Å². The smallest absolute Gasteiger partial charge is 0.0637 e. The molecular weight excluding hydrogens is 216 g/mol. The summed E-state index contributed by atoms with van der Waals surface area (Å²) in [5.74, 6) is 0.192. The molecule has 1 saturated heterocycles. The Morgan fingerprint density at radius 3 is 2.35 bits per heavy atom. The lowest BCUT2D eigenvalue weighted by molar-refractivity contribution is -0.271. The molecule has 0 radical (unpaired) electrons. The van der Waals surface area contributed by atoms with E-state index in [4.69, 9.17) is 4.84 Å². The SMILES string of the molecule is CCC1(C)C/C(=N/O)C(C)C(C)(CC)N1OC. The highest BCUT2D eigenvalue weighted by Gasteiger charge is 2.52. The fourth-order valence-corrected chi connectivity index (χ4v) is 3.04. The van der Waals surface area contributed by atoms with E-state index < -0.39 is 0 Å². The molecule has 0 saturated carbocycles. The first kappa shape index (κ1) is 14.5. The first-order chi connectivity index (χ1) is 7.89. The summed E-state index contributed by atoms with van der Waals surface area (Å²) in [6.07, 6.45) is 2.67. The first-order valence-corrected chi connectivity index (χ1v) is 6.44. The van der Waals surface area contributed by atoms with E-state index >= 15 is 0 Å². The monoisotopic (exact) mass is 242 g/mol. The number of hydrogen-bond donors (Lipinski definition) is 1. The van der Waals surface area contributed by atoms with E-state index in [-0.39, 0.29) is 17.0 Å². The van der Waals surface area contributed by atoms with Gasteiger partial charge in [0.2, 0.25) is 0 Å². The van der Waals surface area contributed by atoms with E-state index in [2.05, 4.69) is 44.8 Å². The lowest BCUT2D eigenvalue weighted by atomic mass is 9.70. The minimum Gasteiger partial charge on any atom is -0.411 e. The van der Waals surface area contributed by atoms with Gasteiger partial charge >= 0.3 is 0 Å². The van der Waals surface area contributed by atoms with Gasteiger partial charge in [-0.2, -0.15) is 5.06 Å². The molecule has 1 aliphatic heterocycles. The maximum atomic E-state index is 9.20. The molecule has 0 spiro atoms. The maximum Gasteiger partial charge on any atom is 0.0637 e. The van der Waals surface area contributed by atoms with Crippen molar-refractivity contribution in [2.45, 2.75) is 65.0 Å². The highest BCUT2D eigenvalue weighted by Crippen LogP contribution is 2.44. The summed E-state index contributed by atoms with van der Waals surface area (Å²) in [6, 6.07) is 0. The van der Waals surface area contributed by atoms with E-state index in [1.165, 1.54) is 0 Å². The number of piperidine rings is 1. The highest BCUT2D eigenvalue weighted by molar-refractivity contribution is 5.89. The van der Waals surface area contributed by atoms with E-state index in [1.54, 1.807) is 7.11 Å². The quantitative estimate of drug-likeness (QED) is 0.611. The molecule has 100 valence electrons. The van der Waals surface area contributed by atoms with Gasteiger partial charge in [0.1, 0.15) is 0 Å². The lowest BCUT2D eigenvalue weighted by Gasteiger charge is -2.56. The van der Waals surface area contributed by atoms with Crippen molar-refractivity contribution in [2.24, 2.45) is 11.1 Å². The van der Waals surface area contributed by atoms with Crippen LogP contribution in [0.3, 0.4) is 0 Å².